The zero-order valence-corrected chi connectivity index (χ0v) is 42.3. The minimum absolute atomic E-state index is 0.000955. The summed E-state index contributed by atoms with van der Waals surface area (Å²) in [5.41, 5.74) is 4.32. The molecule has 14 heteroatoms. The maximum Gasteiger partial charge on any atom is 0.342 e. The molecule has 6 aromatic rings. The normalized spacial score (nSPS) is 19.4. The summed E-state index contributed by atoms with van der Waals surface area (Å²) in [6.07, 6.45) is -5.46. The van der Waals surface area contributed by atoms with Gasteiger partial charge in [0.05, 0.1) is 19.3 Å². The van der Waals surface area contributed by atoms with E-state index >= 15 is 0 Å². The Balaban J connectivity index is 1.20. The third-order valence-corrected chi connectivity index (χ3v) is 11.7. The lowest BCUT2D eigenvalue weighted by Gasteiger charge is -2.23. The highest BCUT2D eigenvalue weighted by Crippen LogP contribution is 2.35. The van der Waals surface area contributed by atoms with Crippen molar-refractivity contribution in [2.24, 2.45) is 0 Å². The standard InChI is InChI=1S/C60H62O14/c1-39-26-48-31-50(66-35-44-18-10-6-11-19-44)33-52(68-37-46-22-14-8-15-23-46)57(48)59(64)73-42(4)29-55(62)71-40(2)27-49-32-51(67-36-45-20-12-7-13-21-45)34-53(69-38-47-24-16-9-17-25-47)58(49)60(65)74-43(5)30-56(63)72-41(3)28-54(61)70-39/h6-25,31-34,39-43H,26-30,35-38H2,1-5H3/t39-,40-,41-,42-,43-/m1/s1. The zero-order chi connectivity index (χ0) is 52.4. The third-order valence-electron chi connectivity index (χ3n) is 11.7. The number of rotatable bonds is 12. The van der Waals surface area contributed by atoms with E-state index in [1.807, 2.05) is 121 Å². The monoisotopic (exact) mass is 1010 g/mol. The Morgan fingerprint density at radius 1 is 0.351 bits per heavy atom. The molecule has 0 N–H and O–H groups in total. The number of cyclic esters (lactones) is 5. The minimum Gasteiger partial charge on any atom is -0.489 e. The number of carbonyl (C=O) groups excluding carboxylic acids is 5. The van der Waals surface area contributed by atoms with Crippen LogP contribution in [0.2, 0.25) is 0 Å². The van der Waals surface area contributed by atoms with Crippen LogP contribution in [0.4, 0.5) is 0 Å². The molecule has 1 aliphatic rings. The predicted octanol–water partition coefficient (Wildman–Crippen LogP) is 10.9. The maximum atomic E-state index is 14.5. The zero-order valence-electron chi connectivity index (χ0n) is 42.3. The number of carbonyl (C=O) groups is 5. The first-order valence-electron chi connectivity index (χ1n) is 24.8. The van der Waals surface area contributed by atoms with Crippen LogP contribution in [-0.2, 0) is 77.3 Å². The second kappa shape index (κ2) is 26.5. The van der Waals surface area contributed by atoms with Gasteiger partial charge in [0, 0.05) is 25.0 Å². The Labute approximate surface area is 431 Å². The lowest BCUT2D eigenvalue weighted by molar-refractivity contribution is -0.157. The van der Waals surface area contributed by atoms with Crippen LogP contribution >= 0.6 is 0 Å². The summed E-state index contributed by atoms with van der Waals surface area (Å²) < 4.78 is 54.5. The van der Waals surface area contributed by atoms with E-state index in [0.29, 0.717) is 22.6 Å². The summed E-state index contributed by atoms with van der Waals surface area (Å²) in [4.78, 5) is 69.2. The van der Waals surface area contributed by atoms with E-state index in [2.05, 4.69) is 0 Å². The van der Waals surface area contributed by atoms with Gasteiger partial charge in [-0.1, -0.05) is 121 Å². The largest absolute Gasteiger partial charge is 0.489 e. The van der Waals surface area contributed by atoms with Gasteiger partial charge < -0.3 is 42.6 Å². The molecule has 1 aliphatic heterocycles. The van der Waals surface area contributed by atoms with Crippen molar-refractivity contribution in [2.75, 3.05) is 0 Å². The van der Waals surface area contributed by atoms with Crippen molar-refractivity contribution in [3.8, 4) is 23.0 Å². The van der Waals surface area contributed by atoms with E-state index in [0.717, 1.165) is 22.3 Å². The molecule has 74 heavy (non-hydrogen) atoms. The molecule has 14 nitrogen and oxygen atoms in total. The van der Waals surface area contributed by atoms with E-state index < -0.39 is 60.4 Å². The average Bonchev–Trinajstić information content (AvgIpc) is 3.36. The van der Waals surface area contributed by atoms with Gasteiger partial charge in [0.1, 0.15) is 91.1 Å². The molecule has 7 rings (SSSR count). The lowest BCUT2D eigenvalue weighted by atomic mass is 9.99. The van der Waals surface area contributed by atoms with Gasteiger partial charge in [0.2, 0.25) is 0 Å². The molecule has 0 amide bonds. The fourth-order valence-corrected chi connectivity index (χ4v) is 8.26. The van der Waals surface area contributed by atoms with E-state index in [9.17, 15) is 24.0 Å². The van der Waals surface area contributed by atoms with Crippen molar-refractivity contribution in [3.63, 3.8) is 0 Å². The lowest BCUT2D eigenvalue weighted by Crippen LogP contribution is -2.27. The molecule has 0 fully saturated rings. The van der Waals surface area contributed by atoms with Gasteiger partial charge >= 0.3 is 29.8 Å². The Morgan fingerprint density at radius 2 is 0.622 bits per heavy atom. The van der Waals surface area contributed by atoms with Crippen LogP contribution in [0.3, 0.4) is 0 Å². The van der Waals surface area contributed by atoms with Gasteiger partial charge in [0.25, 0.3) is 0 Å². The Morgan fingerprint density at radius 3 is 0.932 bits per heavy atom. The number of hydrogen-bond donors (Lipinski definition) is 0. The molecule has 0 aromatic heterocycles. The summed E-state index contributed by atoms with van der Waals surface area (Å²) in [5, 5.41) is 0. The third kappa shape index (κ3) is 16.5. The van der Waals surface area contributed by atoms with Crippen molar-refractivity contribution < 1.29 is 66.6 Å². The molecule has 0 unspecified atom stereocenters. The Kier molecular flexibility index (Phi) is 19.2. The smallest absolute Gasteiger partial charge is 0.342 e. The van der Waals surface area contributed by atoms with Gasteiger partial charge in [-0.05, 0) is 80.1 Å². The molecule has 1 heterocycles. The minimum atomic E-state index is -0.990. The van der Waals surface area contributed by atoms with E-state index in [1.165, 1.54) is 0 Å². The van der Waals surface area contributed by atoms with Crippen LogP contribution in [0.1, 0.15) is 108 Å². The van der Waals surface area contributed by atoms with Gasteiger partial charge in [0.15, 0.2) is 0 Å². The fourth-order valence-electron chi connectivity index (χ4n) is 8.26. The fraction of sp³-hybridized carbons (Fsp3) is 0.317. The second-order valence-corrected chi connectivity index (χ2v) is 18.4. The number of hydrogen-bond acceptors (Lipinski definition) is 14. The summed E-state index contributed by atoms with van der Waals surface area (Å²) in [6, 6.07) is 44.4. The number of esters is 5. The van der Waals surface area contributed by atoms with Gasteiger partial charge in [-0.2, -0.15) is 0 Å². The van der Waals surface area contributed by atoms with Crippen LogP contribution in [0, 0.1) is 0 Å². The number of ether oxygens (including phenoxy) is 9. The molecule has 5 atom stereocenters. The molecule has 0 bridgehead atoms. The van der Waals surface area contributed by atoms with E-state index in [4.69, 9.17) is 42.6 Å². The number of benzene rings is 6. The Bertz CT molecular complexity index is 2820. The topological polar surface area (TPSA) is 168 Å². The van der Waals surface area contributed by atoms with Crippen LogP contribution in [0.5, 0.6) is 23.0 Å². The molecule has 0 aliphatic carbocycles. The van der Waals surface area contributed by atoms with Crippen molar-refractivity contribution in [1.82, 2.24) is 0 Å². The van der Waals surface area contributed by atoms with Gasteiger partial charge in [-0.25, -0.2) is 9.59 Å². The molecule has 6 aromatic carbocycles. The summed E-state index contributed by atoms with van der Waals surface area (Å²) in [5.74, 6) is -2.63. The first-order chi connectivity index (χ1) is 35.7. The molecule has 0 radical (unpaired) electrons. The van der Waals surface area contributed by atoms with Crippen molar-refractivity contribution in [2.45, 2.75) is 124 Å². The highest BCUT2D eigenvalue weighted by atomic mass is 16.6. The average molecular weight is 1010 g/mol. The van der Waals surface area contributed by atoms with Crippen LogP contribution in [0.25, 0.3) is 0 Å². The molecule has 0 spiro atoms. The quantitative estimate of drug-likeness (QED) is 0.0838. The molecule has 386 valence electrons. The van der Waals surface area contributed by atoms with Crippen molar-refractivity contribution >= 4 is 29.8 Å². The number of fused-ring (bicyclic) bond motifs is 2. The van der Waals surface area contributed by atoms with Crippen LogP contribution in [-0.4, -0.2) is 60.4 Å². The van der Waals surface area contributed by atoms with Crippen LogP contribution in [0.15, 0.2) is 146 Å². The van der Waals surface area contributed by atoms with E-state index in [-0.39, 0.29) is 81.2 Å². The van der Waals surface area contributed by atoms with Crippen molar-refractivity contribution in [3.05, 3.63) is 190 Å². The highest BCUT2D eigenvalue weighted by molar-refractivity contribution is 5.96. The second-order valence-electron chi connectivity index (χ2n) is 18.4. The summed E-state index contributed by atoms with van der Waals surface area (Å²) in [7, 11) is 0. The molecule has 0 saturated carbocycles. The SMILES string of the molecule is C[C@@H]1CC(=O)O[C@H](C)Cc2cc(OCc3ccccc3)cc(OCc3ccccc3)c2C(=O)O[C@H](C)CC(=O)O[C@H](C)Cc2cc(OCc3ccccc3)cc(OCc3ccccc3)c2C(=O)O[C@H](C)CC(=O)O1. The van der Waals surface area contributed by atoms with Gasteiger partial charge in [-0.3, -0.25) is 14.4 Å². The van der Waals surface area contributed by atoms with Crippen LogP contribution < -0.4 is 18.9 Å². The molecular weight excluding hydrogens is 945 g/mol. The summed E-state index contributed by atoms with van der Waals surface area (Å²) >= 11 is 0. The van der Waals surface area contributed by atoms with Crippen molar-refractivity contribution in [1.29, 1.82) is 0 Å². The first kappa shape index (κ1) is 53.7. The highest BCUT2D eigenvalue weighted by Gasteiger charge is 2.30. The Hall–Kier alpha value is -8.13. The predicted molar refractivity (Wildman–Crippen MR) is 274 cm³/mol. The first-order valence-corrected chi connectivity index (χ1v) is 24.8. The van der Waals surface area contributed by atoms with E-state index in [1.54, 1.807) is 58.9 Å². The molecular formula is C60H62O14. The summed E-state index contributed by atoms with van der Waals surface area (Å²) in [6.45, 7) is 8.61. The van der Waals surface area contributed by atoms with Gasteiger partial charge in [-0.15, -0.1) is 0 Å². The molecule has 0 saturated heterocycles. The maximum absolute atomic E-state index is 14.5.